The number of hydrogen-bond donors (Lipinski definition) is 0. The number of alkyl halides is 1. The van der Waals surface area contributed by atoms with E-state index in [9.17, 15) is 4.79 Å². The summed E-state index contributed by atoms with van der Waals surface area (Å²) in [7, 11) is 0. The van der Waals surface area contributed by atoms with E-state index < -0.39 is 0 Å². The van der Waals surface area contributed by atoms with Gasteiger partial charge in [0.1, 0.15) is 0 Å². The Morgan fingerprint density at radius 2 is 2.12 bits per heavy atom. The summed E-state index contributed by atoms with van der Waals surface area (Å²) in [5.74, 6) is 1.02. The minimum atomic E-state index is -0.0204. The molecule has 0 radical (unpaired) electrons. The Morgan fingerprint density at radius 1 is 1.35 bits per heavy atom. The minimum Gasteiger partial charge on any atom is -0.351 e. The van der Waals surface area contributed by atoms with Gasteiger partial charge in [0.2, 0.25) is 0 Å². The van der Waals surface area contributed by atoms with Crippen LogP contribution in [0.4, 0.5) is 5.82 Å². The van der Waals surface area contributed by atoms with Crippen LogP contribution >= 0.6 is 11.6 Å². The van der Waals surface area contributed by atoms with Crippen molar-refractivity contribution in [2.24, 2.45) is 0 Å². The first kappa shape index (κ1) is 14.0. The lowest BCUT2D eigenvalue weighted by Crippen LogP contribution is -2.35. The summed E-state index contributed by atoms with van der Waals surface area (Å²) < 4.78 is 1.71. The molecule has 0 aliphatic heterocycles. The summed E-state index contributed by atoms with van der Waals surface area (Å²) in [4.78, 5) is 18.3. The third kappa shape index (κ3) is 3.73. The molecule has 0 aliphatic rings. The zero-order valence-electron chi connectivity index (χ0n) is 10.5. The van der Waals surface area contributed by atoms with Crippen molar-refractivity contribution in [2.75, 3.05) is 23.9 Å². The highest BCUT2D eigenvalue weighted by atomic mass is 35.5. The number of halogens is 1. The predicted octanol–water partition coefficient (Wildman–Crippen LogP) is 2.11. The van der Waals surface area contributed by atoms with Crippen LogP contribution in [0.25, 0.3) is 0 Å². The van der Waals surface area contributed by atoms with E-state index in [1.54, 1.807) is 17.0 Å². The van der Waals surface area contributed by atoms with Crippen molar-refractivity contribution in [3.8, 4) is 0 Å². The zero-order valence-corrected chi connectivity index (χ0v) is 11.3. The Labute approximate surface area is 107 Å². The van der Waals surface area contributed by atoms with E-state index >= 15 is 0 Å². The van der Waals surface area contributed by atoms with Crippen LogP contribution < -0.4 is 10.5 Å². The van der Waals surface area contributed by atoms with Crippen LogP contribution in [0.3, 0.4) is 0 Å². The summed E-state index contributed by atoms with van der Waals surface area (Å²) >= 11 is 5.76. The summed E-state index contributed by atoms with van der Waals surface area (Å²) in [5, 5.41) is 0. The number of aryl methyl sites for hydroxylation is 1. The molecule has 1 aromatic heterocycles. The third-order valence-corrected chi connectivity index (χ3v) is 2.68. The first-order valence-corrected chi connectivity index (χ1v) is 6.64. The molecule has 1 aromatic rings. The number of hydrogen-bond acceptors (Lipinski definition) is 3. The molecule has 0 atom stereocenters. The topological polar surface area (TPSA) is 38.1 Å². The first-order chi connectivity index (χ1) is 8.24. The van der Waals surface area contributed by atoms with Crippen LogP contribution in [-0.4, -0.2) is 28.5 Å². The van der Waals surface area contributed by atoms with E-state index in [2.05, 4.69) is 18.8 Å². The van der Waals surface area contributed by atoms with Gasteiger partial charge in [0.05, 0.1) is 0 Å². The molecule has 4 nitrogen and oxygen atoms in total. The lowest BCUT2D eigenvalue weighted by atomic mass is 10.4. The Kier molecular flexibility index (Phi) is 6.05. The fourth-order valence-electron chi connectivity index (χ4n) is 1.77. The van der Waals surface area contributed by atoms with Crippen molar-refractivity contribution in [2.45, 2.75) is 33.2 Å². The highest BCUT2D eigenvalue weighted by molar-refractivity contribution is 6.18. The van der Waals surface area contributed by atoms with Crippen LogP contribution in [0.1, 0.15) is 26.7 Å². The first-order valence-electron chi connectivity index (χ1n) is 6.10. The molecule has 0 spiro atoms. The van der Waals surface area contributed by atoms with E-state index in [0.717, 1.165) is 25.9 Å². The van der Waals surface area contributed by atoms with Crippen molar-refractivity contribution in [3.63, 3.8) is 0 Å². The number of anilines is 1. The highest BCUT2D eigenvalue weighted by Gasteiger charge is 2.12. The molecule has 17 heavy (non-hydrogen) atoms. The molecule has 5 heteroatoms. The normalized spacial score (nSPS) is 10.5. The standard InChI is InChI=1S/C12H20ClN3O/c1-3-7-15(9-5-13)11-12(17)16(8-4-2)10-6-14-11/h6,10H,3-5,7-9H2,1-2H3. The largest absolute Gasteiger partial charge is 0.351 e. The van der Waals surface area contributed by atoms with Crippen molar-refractivity contribution in [3.05, 3.63) is 22.7 Å². The van der Waals surface area contributed by atoms with Gasteiger partial charge in [-0.05, 0) is 12.8 Å². The van der Waals surface area contributed by atoms with Crippen molar-refractivity contribution in [1.82, 2.24) is 9.55 Å². The van der Waals surface area contributed by atoms with Gasteiger partial charge in [-0.3, -0.25) is 4.79 Å². The van der Waals surface area contributed by atoms with E-state index in [4.69, 9.17) is 11.6 Å². The summed E-state index contributed by atoms with van der Waals surface area (Å²) in [6.07, 6.45) is 5.33. The van der Waals surface area contributed by atoms with Crippen molar-refractivity contribution in [1.29, 1.82) is 0 Å². The van der Waals surface area contributed by atoms with Crippen LogP contribution in [0.2, 0.25) is 0 Å². The lowest BCUT2D eigenvalue weighted by molar-refractivity contribution is 0.640. The average Bonchev–Trinajstić information content (AvgIpc) is 2.32. The van der Waals surface area contributed by atoms with E-state index in [0.29, 0.717) is 18.2 Å². The molecule has 0 amide bonds. The van der Waals surface area contributed by atoms with Crippen LogP contribution in [0.5, 0.6) is 0 Å². The van der Waals surface area contributed by atoms with Gasteiger partial charge in [-0.15, -0.1) is 11.6 Å². The van der Waals surface area contributed by atoms with Crippen LogP contribution in [0.15, 0.2) is 17.2 Å². The van der Waals surface area contributed by atoms with Gasteiger partial charge in [0.15, 0.2) is 5.82 Å². The van der Waals surface area contributed by atoms with Crippen LogP contribution in [0, 0.1) is 0 Å². The maximum absolute atomic E-state index is 12.2. The highest BCUT2D eigenvalue weighted by Crippen LogP contribution is 2.05. The monoisotopic (exact) mass is 257 g/mol. The second kappa shape index (κ2) is 7.33. The molecule has 0 fully saturated rings. The summed E-state index contributed by atoms with van der Waals surface area (Å²) in [5.41, 5.74) is -0.0204. The molecule has 0 aromatic carbocycles. The van der Waals surface area contributed by atoms with E-state index in [1.165, 1.54) is 0 Å². The molecule has 1 heterocycles. The summed E-state index contributed by atoms with van der Waals surface area (Å²) in [6.45, 7) is 6.33. The molecule has 96 valence electrons. The van der Waals surface area contributed by atoms with Gasteiger partial charge in [-0.1, -0.05) is 13.8 Å². The molecule has 0 aliphatic carbocycles. The summed E-state index contributed by atoms with van der Waals surface area (Å²) in [6, 6.07) is 0. The Morgan fingerprint density at radius 3 is 2.71 bits per heavy atom. The maximum Gasteiger partial charge on any atom is 0.293 e. The molecule has 0 unspecified atom stereocenters. The Bertz CT molecular complexity index is 386. The SMILES string of the molecule is CCCN(CCCl)c1nccn(CCC)c1=O. The third-order valence-electron chi connectivity index (χ3n) is 2.51. The van der Waals surface area contributed by atoms with Gasteiger partial charge in [0.25, 0.3) is 5.56 Å². The van der Waals surface area contributed by atoms with Crippen LogP contribution in [-0.2, 0) is 6.54 Å². The fraction of sp³-hybridized carbons (Fsp3) is 0.667. The number of rotatable bonds is 7. The van der Waals surface area contributed by atoms with E-state index in [-0.39, 0.29) is 5.56 Å². The van der Waals surface area contributed by atoms with Gasteiger partial charge in [-0.25, -0.2) is 4.98 Å². The van der Waals surface area contributed by atoms with Crippen molar-refractivity contribution >= 4 is 17.4 Å². The lowest BCUT2D eigenvalue weighted by Gasteiger charge is -2.21. The molecule has 0 saturated heterocycles. The zero-order chi connectivity index (χ0) is 12.7. The minimum absolute atomic E-state index is 0.0204. The average molecular weight is 258 g/mol. The predicted molar refractivity (Wildman–Crippen MR) is 72.0 cm³/mol. The van der Waals surface area contributed by atoms with Gasteiger partial charge in [0, 0.05) is 37.9 Å². The molecular formula is C12H20ClN3O. The molecular weight excluding hydrogens is 238 g/mol. The Hall–Kier alpha value is -1.03. The maximum atomic E-state index is 12.2. The molecule has 1 rings (SSSR count). The van der Waals surface area contributed by atoms with E-state index in [1.807, 2.05) is 4.90 Å². The molecule has 0 saturated carbocycles. The van der Waals surface area contributed by atoms with Gasteiger partial charge < -0.3 is 9.47 Å². The molecule has 0 bridgehead atoms. The van der Waals surface area contributed by atoms with Gasteiger partial charge >= 0.3 is 0 Å². The molecule has 0 N–H and O–H groups in total. The number of nitrogens with zero attached hydrogens (tertiary/aromatic N) is 3. The Balaban J connectivity index is 3.01. The second-order valence-electron chi connectivity index (χ2n) is 3.93. The smallest absolute Gasteiger partial charge is 0.293 e. The number of aromatic nitrogens is 2. The second-order valence-corrected chi connectivity index (χ2v) is 4.30. The quantitative estimate of drug-likeness (QED) is 0.703. The van der Waals surface area contributed by atoms with Crippen molar-refractivity contribution < 1.29 is 0 Å². The fourth-order valence-corrected chi connectivity index (χ4v) is 1.97. The van der Waals surface area contributed by atoms with Gasteiger partial charge in [-0.2, -0.15) is 0 Å².